The first-order valence-corrected chi connectivity index (χ1v) is 20.4. The average Bonchev–Trinajstić information content (AvgIpc) is 3.05. The van der Waals surface area contributed by atoms with Crippen LogP contribution in [0.15, 0.2) is 97.1 Å². The minimum absolute atomic E-state index is 0.0373. The molecule has 0 saturated heterocycles. The zero-order valence-electron chi connectivity index (χ0n) is 30.4. The number of halogens is 1. The van der Waals surface area contributed by atoms with E-state index in [1.54, 1.807) is 18.2 Å². The molecular formula is C41H50FNO5PSi+. The molecule has 1 aromatic heterocycles. The number of hydrogen-bond acceptors (Lipinski definition) is 5. The molecule has 0 aliphatic heterocycles. The Hall–Kier alpha value is -3.81. The summed E-state index contributed by atoms with van der Waals surface area (Å²) in [5.74, 6) is -1.24. The van der Waals surface area contributed by atoms with Crippen molar-refractivity contribution in [1.29, 1.82) is 0 Å². The molecule has 0 spiro atoms. The SMILES string of the molecule is CC(C)c1nc(C(C)(C)C)cc(-c2ccc(F)cc2)c1/C=C/CO[P+](=O)C[C@H](CC(=O)O)O[Si](c1ccccc1)(c1ccccc1)C(C)(C)C. The van der Waals surface area contributed by atoms with Crippen LogP contribution < -0.4 is 10.4 Å². The normalized spacial score (nSPS) is 13.5. The lowest BCUT2D eigenvalue weighted by Gasteiger charge is -2.44. The van der Waals surface area contributed by atoms with Gasteiger partial charge >= 0.3 is 14.0 Å². The zero-order valence-corrected chi connectivity index (χ0v) is 32.3. The largest absolute Gasteiger partial charge is 0.511 e. The van der Waals surface area contributed by atoms with Gasteiger partial charge in [0.15, 0.2) is 0 Å². The number of pyridine rings is 1. The first-order valence-electron chi connectivity index (χ1n) is 17.1. The van der Waals surface area contributed by atoms with Gasteiger partial charge in [-0.05, 0) is 55.2 Å². The minimum atomic E-state index is -3.10. The molecule has 4 aromatic rings. The van der Waals surface area contributed by atoms with Crippen LogP contribution in [0.5, 0.6) is 0 Å². The van der Waals surface area contributed by atoms with Gasteiger partial charge in [0, 0.05) is 16.7 Å². The topological polar surface area (TPSA) is 85.7 Å². The fourth-order valence-electron chi connectivity index (χ4n) is 6.23. The Morgan fingerprint density at radius 3 is 1.96 bits per heavy atom. The standard InChI is InChI=1S/C41H49FNO5PSi/c1-29(2)39-35(36(27-37(43-39)40(3,4)5)30-21-23-31(42)24-22-30)20-15-25-47-49(46)28-32(26-38(44)45)48-50(41(6,7)8,33-16-11-9-12-17-33)34-18-13-10-14-19-34/h9-24,27,29,32H,25-26,28H2,1-8H3/p+1/b20-15+/t32-/m0/s1. The third kappa shape index (κ3) is 9.49. The van der Waals surface area contributed by atoms with Crippen LogP contribution in [0.1, 0.15) is 84.7 Å². The quantitative estimate of drug-likeness (QED) is 0.104. The highest BCUT2D eigenvalue weighted by Gasteiger charge is 2.52. The molecule has 0 aliphatic carbocycles. The average molecular weight is 715 g/mol. The summed E-state index contributed by atoms with van der Waals surface area (Å²) in [5, 5.41) is 11.6. The molecule has 0 fully saturated rings. The van der Waals surface area contributed by atoms with E-state index in [9.17, 15) is 18.9 Å². The Bertz CT molecular complexity index is 1740. The molecule has 1 N–H and O–H groups in total. The van der Waals surface area contributed by atoms with E-state index in [4.69, 9.17) is 13.9 Å². The van der Waals surface area contributed by atoms with Crippen LogP contribution in [-0.2, 0) is 23.7 Å². The number of nitrogens with zero attached hydrogens (tertiary/aromatic N) is 1. The fourth-order valence-corrected chi connectivity index (χ4v) is 11.9. The van der Waals surface area contributed by atoms with Gasteiger partial charge in [-0.3, -0.25) is 9.78 Å². The smallest absolute Gasteiger partial charge is 0.481 e. The van der Waals surface area contributed by atoms with Crippen LogP contribution in [0, 0.1) is 5.82 Å². The molecule has 50 heavy (non-hydrogen) atoms. The highest BCUT2D eigenvalue weighted by Crippen LogP contribution is 2.39. The molecule has 0 bridgehead atoms. The van der Waals surface area contributed by atoms with Gasteiger partial charge in [-0.25, -0.2) is 4.39 Å². The van der Waals surface area contributed by atoms with Crippen molar-refractivity contribution in [2.24, 2.45) is 0 Å². The summed E-state index contributed by atoms with van der Waals surface area (Å²) in [6.07, 6.45) is 2.49. The molecule has 0 radical (unpaired) electrons. The molecule has 1 unspecified atom stereocenters. The van der Waals surface area contributed by atoms with Crippen molar-refractivity contribution in [3.63, 3.8) is 0 Å². The molecule has 0 amide bonds. The Kier molecular flexibility index (Phi) is 12.8. The summed E-state index contributed by atoms with van der Waals surface area (Å²) in [6, 6.07) is 28.4. The first-order chi connectivity index (χ1) is 23.5. The molecule has 0 saturated carbocycles. The number of rotatable bonds is 14. The Balaban J connectivity index is 1.62. The second-order valence-electron chi connectivity index (χ2n) is 15.0. The second-order valence-corrected chi connectivity index (χ2v) is 20.5. The maximum Gasteiger partial charge on any atom is 0.511 e. The van der Waals surface area contributed by atoms with Gasteiger partial charge in [0.05, 0.1) is 12.1 Å². The van der Waals surface area contributed by atoms with Crippen molar-refractivity contribution < 1.29 is 27.8 Å². The molecule has 264 valence electrons. The molecule has 0 aliphatic rings. The predicted molar refractivity (Wildman–Crippen MR) is 205 cm³/mol. The molecule has 6 nitrogen and oxygen atoms in total. The van der Waals surface area contributed by atoms with Crippen molar-refractivity contribution in [1.82, 2.24) is 4.98 Å². The van der Waals surface area contributed by atoms with E-state index >= 15 is 0 Å². The molecular weight excluding hydrogens is 665 g/mol. The lowest BCUT2D eigenvalue weighted by Crippen LogP contribution is -2.68. The van der Waals surface area contributed by atoms with Crippen LogP contribution in [0.3, 0.4) is 0 Å². The Morgan fingerprint density at radius 2 is 1.48 bits per heavy atom. The molecule has 9 heteroatoms. The van der Waals surface area contributed by atoms with Crippen molar-refractivity contribution in [2.75, 3.05) is 12.8 Å². The maximum atomic E-state index is 13.9. The van der Waals surface area contributed by atoms with E-state index in [1.807, 2.05) is 66.7 Å². The molecule has 3 aromatic carbocycles. The van der Waals surface area contributed by atoms with Gasteiger partial charge < -0.3 is 9.53 Å². The number of carboxylic acids is 1. The van der Waals surface area contributed by atoms with E-state index in [-0.39, 0.29) is 41.4 Å². The second kappa shape index (κ2) is 16.5. The summed E-state index contributed by atoms with van der Waals surface area (Å²) in [5.41, 5.74) is 4.31. The number of aliphatic carboxylic acids is 1. The van der Waals surface area contributed by atoms with Crippen LogP contribution in [-0.4, -0.2) is 43.2 Å². The third-order valence-electron chi connectivity index (χ3n) is 8.67. The van der Waals surface area contributed by atoms with E-state index in [2.05, 4.69) is 61.5 Å². The van der Waals surface area contributed by atoms with Crippen LogP contribution in [0.4, 0.5) is 4.39 Å². The fraction of sp³-hybridized carbons (Fsp3) is 0.366. The zero-order chi connectivity index (χ0) is 36.7. The summed E-state index contributed by atoms with van der Waals surface area (Å²) in [6.45, 7) is 16.9. The van der Waals surface area contributed by atoms with E-state index in [0.717, 1.165) is 38.5 Å². The summed E-state index contributed by atoms with van der Waals surface area (Å²) >= 11 is 0. The van der Waals surface area contributed by atoms with Gasteiger partial charge in [-0.15, -0.1) is 4.52 Å². The lowest BCUT2D eigenvalue weighted by molar-refractivity contribution is -0.138. The van der Waals surface area contributed by atoms with E-state index in [1.165, 1.54) is 12.1 Å². The van der Waals surface area contributed by atoms with Crippen molar-refractivity contribution >= 4 is 38.8 Å². The third-order valence-corrected chi connectivity index (χ3v) is 14.9. The van der Waals surface area contributed by atoms with Gasteiger partial charge in [-0.2, -0.15) is 0 Å². The summed E-state index contributed by atoms with van der Waals surface area (Å²) in [7, 11) is -5.38. The number of benzene rings is 3. The minimum Gasteiger partial charge on any atom is -0.481 e. The van der Waals surface area contributed by atoms with E-state index < -0.39 is 28.4 Å². The van der Waals surface area contributed by atoms with E-state index in [0.29, 0.717) is 0 Å². The van der Waals surface area contributed by atoms with Gasteiger partial charge in [-0.1, -0.05) is 140 Å². The van der Waals surface area contributed by atoms with Crippen molar-refractivity contribution in [3.05, 3.63) is 120 Å². The lowest BCUT2D eigenvalue weighted by atomic mass is 9.86. The summed E-state index contributed by atoms with van der Waals surface area (Å²) < 4.78 is 40.2. The monoisotopic (exact) mass is 714 g/mol. The van der Waals surface area contributed by atoms with Crippen LogP contribution in [0.2, 0.25) is 5.04 Å². The van der Waals surface area contributed by atoms with Crippen molar-refractivity contribution in [2.45, 2.75) is 84.3 Å². The molecule has 1 heterocycles. The number of carboxylic acid groups (broad SMARTS) is 1. The number of aromatic nitrogens is 1. The van der Waals surface area contributed by atoms with Gasteiger partial charge in [0.2, 0.25) is 6.16 Å². The number of carbonyl (C=O) groups is 1. The number of hydrogen-bond donors (Lipinski definition) is 1. The van der Waals surface area contributed by atoms with Gasteiger partial charge in [0.25, 0.3) is 8.32 Å². The van der Waals surface area contributed by atoms with Crippen molar-refractivity contribution in [3.8, 4) is 11.1 Å². The van der Waals surface area contributed by atoms with Crippen LogP contribution >= 0.6 is 8.03 Å². The molecule has 2 atom stereocenters. The first kappa shape index (κ1) is 39.0. The predicted octanol–water partition coefficient (Wildman–Crippen LogP) is 9.50. The maximum absolute atomic E-state index is 13.9. The molecule has 4 rings (SSSR count). The Morgan fingerprint density at radius 1 is 0.920 bits per heavy atom. The van der Waals surface area contributed by atoms with Gasteiger partial charge in [0.1, 0.15) is 18.5 Å². The highest BCUT2D eigenvalue weighted by molar-refractivity contribution is 7.39. The Labute approximate surface area is 298 Å². The highest BCUT2D eigenvalue weighted by atomic mass is 31.1. The van der Waals surface area contributed by atoms with Crippen LogP contribution in [0.25, 0.3) is 17.2 Å². The summed E-state index contributed by atoms with van der Waals surface area (Å²) in [4.78, 5) is 17.2.